The molecule has 6 heteroatoms. The van der Waals surface area contributed by atoms with Gasteiger partial charge in [0.15, 0.2) is 4.93 Å². The Morgan fingerprint density at radius 2 is 1.30 bits per heavy atom. The summed E-state index contributed by atoms with van der Waals surface area (Å²) in [5.74, 6) is 0. The molecule has 1 N–H and O–H groups in total. The van der Waals surface area contributed by atoms with Crippen LogP contribution in [0.5, 0.6) is 0 Å². The van der Waals surface area contributed by atoms with Crippen molar-refractivity contribution in [2.24, 2.45) is 0 Å². The Morgan fingerprint density at radius 1 is 0.900 bits per heavy atom. The number of hydrogen-bond acceptors (Lipinski definition) is 4. The minimum Gasteiger partial charge on any atom is -0.746 e. The first-order valence-electron chi connectivity index (χ1n) is 7.55. The summed E-state index contributed by atoms with van der Waals surface area (Å²) in [6.45, 7) is 3.72. The minimum atomic E-state index is -4.62. The molecule has 1 atom stereocenters. The van der Waals surface area contributed by atoms with Crippen molar-refractivity contribution in [3.63, 3.8) is 0 Å². The average Bonchev–Trinajstić information content (AvgIpc) is 2.35. The Kier molecular flexibility index (Phi) is 15.4. The van der Waals surface area contributed by atoms with Crippen LogP contribution in [0, 0.1) is 0 Å². The SMILES string of the molecule is CCCCCCCCCCCC(O)(CC)S(=O)(=O)[O-].[K+]. The van der Waals surface area contributed by atoms with E-state index in [2.05, 4.69) is 6.92 Å². The van der Waals surface area contributed by atoms with Crippen LogP contribution in [0.2, 0.25) is 0 Å². The maximum atomic E-state index is 10.9. The molecule has 0 saturated heterocycles. The largest absolute Gasteiger partial charge is 1.00 e. The van der Waals surface area contributed by atoms with Gasteiger partial charge in [0.25, 0.3) is 0 Å². The number of hydrogen-bond donors (Lipinski definition) is 1. The predicted octanol–water partition coefficient (Wildman–Crippen LogP) is 0.555. The van der Waals surface area contributed by atoms with Crippen molar-refractivity contribution < 1.29 is 69.5 Å². The van der Waals surface area contributed by atoms with Crippen LogP contribution in [0.25, 0.3) is 0 Å². The third-order valence-electron chi connectivity index (χ3n) is 3.69. The predicted molar refractivity (Wildman–Crippen MR) is 76.8 cm³/mol. The molecule has 0 aromatic carbocycles. The maximum absolute atomic E-state index is 10.9. The summed E-state index contributed by atoms with van der Waals surface area (Å²) >= 11 is 0. The van der Waals surface area contributed by atoms with Gasteiger partial charge in [-0.3, -0.25) is 0 Å². The molecule has 0 bridgehead atoms. The molecular weight excluding hydrogens is 303 g/mol. The Hall–Kier alpha value is 1.51. The van der Waals surface area contributed by atoms with Crippen LogP contribution >= 0.6 is 0 Å². The van der Waals surface area contributed by atoms with Crippen molar-refractivity contribution in [2.45, 2.75) is 89.4 Å². The van der Waals surface area contributed by atoms with Crippen LogP contribution in [-0.2, 0) is 10.1 Å². The number of aliphatic hydroxyl groups is 1. The Morgan fingerprint density at radius 3 is 1.65 bits per heavy atom. The molecule has 0 radical (unpaired) electrons. The Labute approximate surface area is 167 Å². The van der Waals surface area contributed by atoms with Gasteiger partial charge >= 0.3 is 51.4 Å². The van der Waals surface area contributed by atoms with E-state index in [4.69, 9.17) is 0 Å². The van der Waals surface area contributed by atoms with Crippen LogP contribution in [0.1, 0.15) is 84.5 Å². The van der Waals surface area contributed by atoms with Gasteiger partial charge in [-0.25, -0.2) is 8.42 Å². The Bertz CT molecular complexity index is 319. The normalized spacial score (nSPS) is 14.6. The van der Waals surface area contributed by atoms with E-state index < -0.39 is 15.1 Å². The standard InChI is InChI=1S/C14H30O4S.K/c1-3-5-6-7-8-9-10-11-12-13-14(15,4-2)19(16,17)18;/h15H,3-13H2,1-2H3,(H,16,17,18);/q;+1/p-1. The summed E-state index contributed by atoms with van der Waals surface area (Å²) in [4.78, 5) is -2.06. The zero-order valence-corrected chi connectivity index (χ0v) is 17.3. The van der Waals surface area contributed by atoms with Crippen molar-refractivity contribution in [3.8, 4) is 0 Å². The molecule has 0 saturated carbocycles. The number of unbranched alkanes of at least 4 members (excludes halogenated alkanes) is 8. The summed E-state index contributed by atoms with van der Waals surface area (Å²) in [5.41, 5.74) is 0. The smallest absolute Gasteiger partial charge is 0.746 e. The van der Waals surface area contributed by atoms with Crippen LogP contribution in [0.3, 0.4) is 0 Å². The van der Waals surface area contributed by atoms with Gasteiger partial charge in [0.05, 0.1) is 0 Å². The van der Waals surface area contributed by atoms with Gasteiger partial charge in [0, 0.05) is 0 Å². The van der Waals surface area contributed by atoms with E-state index in [0.717, 1.165) is 19.3 Å². The molecule has 1 unspecified atom stereocenters. The van der Waals surface area contributed by atoms with E-state index in [1.807, 2.05) is 0 Å². The maximum Gasteiger partial charge on any atom is 1.00 e. The summed E-state index contributed by atoms with van der Waals surface area (Å²) in [6, 6.07) is 0. The van der Waals surface area contributed by atoms with E-state index in [-0.39, 0.29) is 64.2 Å². The van der Waals surface area contributed by atoms with E-state index in [1.165, 1.54) is 39.0 Å². The first-order valence-corrected chi connectivity index (χ1v) is 8.96. The van der Waals surface area contributed by atoms with Gasteiger partial charge in [-0.1, -0.05) is 65.2 Å². The molecule has 20 heavy (non-hydrogen) atoms. The van der Waals surface area contributed by atoms with Gasteiger partial charge in [-0.05, 0) is 19.3 Å². The van der Waals surface area contributed by atoms with Crippen LogP contribution in [0.15, 0.2) is 0 Å². The summed E-state index contributed by atoms with van der Waals surface area (Å²) in [6.07, 6.45) is 10.0. The fourth-order valence-corrected chi connectivity index (χ4v) is 2.94. The van der Waals surface area contributed by atoms with E-state index >= 15 is 0 Å². The van der Waals surface area contributed by atoms with Gasteiger partial charge in [0.2, 0.25) is 0 Å². The van der Waals surface area contributed by atoms with Gasteiger partial charge in [-0.2, -0.15) is 0 Å². The monoisotopic (exact) mass is 332 g/mol. The minimum absolute atomic E-state index is 0. The molecular formula is C14H29KO4S. The van der Waals surface area contributed by atoms with E-state index in [1.54, 1.807) is 0 Å². The molecule has 0 amide bonds. The number of rotatable bonds is 12. The third kappa shape index (κ3) is 10.3. The molecule has 0 aliphatic heterocycles. The van der Waals surface area contributed by atoms with Gasteiger partial charge in [-0.15, -0.1) is 0 Å². The molecule has 0 rings (SSSR count). The summed E-state index contributed by atoms with van der Waals surface area (Å²) in [7, 11) is -4.62. The fourth-order valence-electron chi connectivity index (χ4n) is 2.19. The molecule has 0 heterocycles. The second kappa shape index (κ2) is 13.0. The van der Waals surface area contributed by atoms with Crippen molar-refractivity contribution in [3.05, 3.63) is 0 Å². The summed E-state index contributed by atoms with van der Waals surface area (Å²) in [5, 5.41) is 9.76. The third-order valence-corrected chi connectivity index (χ3v) is 5.11. The first kappa shape index (κ1) is 23.8. The van der Waals surface area contributed by atoms with Crippen molar-refractivity contribution >= 4 is 10.1 Å². The van der Waals surface area contributed by atoms with Crippen LogP contribution in [-0.4, -0.2) is 23.0 Å². The molecule has 0 aromatic heterocycles. The fraction of sp³-hybridized carbons (Fsp3) is 1.00. The zero-order valence-electron chi connectivity index (χ0n) is 13.4. The topological polar surface area (TPSA) is 77.4 Å². The van der Waals surface area contributed by atoms with Gasteiger partial charge < -0.3 is 9.66 Å². The van der Waals surface area contributed by atoms with Crippen LogP contribution < -0.4 is 51.4 Å². The molecule has 0 fully saturated rings. The molecule has 4 nitrogen and oxygen atoms in total. The Balaban J connectivity index is 0. The summed E-state index contributed by atoms with van der Waals surface area (Å²) < 4.78 is 32.8. The van der Waals surface area contributed by atoms with Crippen molar-refractivity contribution in [1.29, 1.82) is 0 Å². The van der Waals surface area contributed by atoms with E-state index in [9.17, 15) is 18.1 Å². The van der Waals surface area contributed by atoms with Crippen molar-refractivity contribution in [1.82, 2.24) is 0 Å². The molecule has 0 aromatic rings. The van der Waals surface area contributed by atoms with Crippen molar-refractivity contribution in [2.75, 3.05) is 0 Å². The quantitative estimate of drug-likeness (QED) is 0.322. The van der Waals surface area contributed by atoms with Gasteiger partial charge in [0.1, 0.15) is 10.1 Å². The molecule has 0 aliphatic rings. The molecule has 116 valence electrons. The second-order valence-electron chi connectivity index (χ2n) is 5.33. The average molecular weight is 333 g/mol. The molecule has 0 spiro atoms. The zero-order chi connectivity index (χ0) is 14.8. The first-order chi connectivity index (χ1) is 8.87. The van der Waals surface area contributed by atoms with Crippen LogP contribution in [0.4, 0.5) is 0 Å². The second-order valence-corrected chi connectivity index (χ2v) is 7.00. The molecule has 0 aliphatic carbocycles. The van der Waals surface area contributed by atoms with E-state index in [0.29, 0.717) is 6.42 Å².